The number of ether oxygens (including phenoxy) is 2. The lowest BCUT2D eigenvalue weighted by molar-refractivity contribution is -0.143. The highest BCUT2D eigenvalue weighted by atomic mass is 32.1. The number of esters is 1. The van der Waals surface area contributed by atoms with Gasteiger partial charge in [-0.05, 0) is 40.7 Å². The summed E-state index contributed by atoms with van der Waals surface area (Å²) in [6, 6.07) is 25.7. The first-order valence-electron chi connectivity index (χ1n) is 11.3. The molecule has 1 N–H and O–H groups in total. The topological polar surface area (TPSA) is 77.5 Å². The van der Waals surface area contributed by atoms with E-state index in [1.54, 1.807) is 5.51 Å². The van der Waals surface area contributed by atoms with Crippen molar-refractivity contribution in [3.05, 3.63) is 95.5 Å². The Kier molecular flexibility index (Phi) is 6.33. The number of benzene rings is 3. The van der Waals surface area contributed by atoms with Crippen LogP contribution < -0.4 is 5.32 Å². The number of nitrogens with one attached hydrogen (secondary N) is 1. The van der Waals surface area contributed by atoms with Gasteiger partial charge in [0.05, 0.1) is 22.9 Å². The first-order valence-corrected chi connectivity index (χ1v) is 12.2. The van der Waals surface area contributed by atoms with Gasteiger partial charge in [0.2, 0.25) is 0 Å². The van der Waals surface area contributed by atoms with E-state index in [0.717, 1.165) is 45.5 Å². The normalized spacial score (nSPS) is 13.6. The molecule has 0 radical (unpaired) electrons. The van der Waals surface area contributed by atoms with E-state index in [0.29, 0.717) is 5.82 Å². The fourth-order valence-electron chi connectivity index (χ4n) is 4.12. The molecule has 7 heteroatoms. The molecule has 1 aliphatic rings. The van der Waals surface area contributed by atoms with Crippen LogP contribution in [0.15, 0.2) is 84.4 Å². The van der Waals surface area contributed by atoms with Crippen LogP contribution in [0.4, 0.5) is 10.6 Å². The van der Waals surface area contributed by atoms with E-state index >= 15 is 0 Å². The summed E-state index contributed by atoms with van der Waals surface area (Å²) < 4.78 is 10.3. The Morgan fingerprint density at radius 2 is 1.54 bits per heavy atom. The van der Waals surface area contributed by atoms with Crippen molar-refractivity contribution >= 4 is 29.2 Å². The zero-order valence-corrected chi connectivity index (χ0v) is 20.0. The summed E-state index contributed by atoms with van der Waals surface area (Å²) >= 11 is 1.45. The second-order valence-electron chi connectivity index (χ2n) is 8.45. The summed E-state index contributed by atoms with van der Waals surface area (Å²) in [5.74, 6) is 0.315. The molecular weight excluding hydrogens is 460 g/mol. The van der Waals surface area contributed by atoms with Crippen LogP contribution in [0, 0.1) is 0 Å². The molecule has 6 nitrogen and oxygen atoms in total. The highest BCUT2D eigenvalue weighted by Gasteiger charge is 2.52. The third kappa shape index (κ3) is 4.81. The molecule has 0 unspecified atom stereocenters. The second-order valence-corrected chi connectivity index (χ2v) is 9.30. The maximum Gasteiger partial charge on any atom is 0.413 e. The number of hydrogen-bond donors (Lipinski definition) is 1. The van der Waals surface area contributed by atoms with Crippen molar-refractivity contribution in [1.82, 2.24) is 4.98 Å². The van der Waals surface area contributed by atoms with E-state index in [1.165, 1.54) is 18.4 Å². The lowest BCUT2D eigenvalue weighted by atomic mass is 9.93. The fraction of sp³-hybridized carbons (Fsp3) is 0.179. The van der Waals surface area contributed by atoms with Gasteiger partial charge < -0.3 is 9.47 Å². The highest BCUT2D eigenvalue weighted by Crippen LogP contribution is 2.49. The zero-order valence-electron chi connectivity index (χ0n) is 19.2. The van der Waals surface area contributed by atoms with Crippen LogP contribution >= 0.6 is 11.3 Å². The van der Waals surface area contributed by atoms with Gasteiger partial charge in [0, 0.05) is 0 Å². The number of thiazole rings is 1. The van der Waals surface area contributed by atoms with Crippen molar-refractivity contribution in [1.29, 1.82) is 0 Å². The smallest absolute Gasteiger partial charge is 0.413 e. The highest BCUT2D eigenvalue weighted by molar-refractivity contribution is 7.13. The Morgan fingerprint density at radius 3 is 2.17 bits per heavy atom. The second kappa shape index (κ2) is 9.72. The lowest BCUT2D eigenvalue weighted by Gasteiger charge is -2.13. The number of methoxy groups -OCH3 is 1. The van der Waals surface area contributed by atoms with Crippen molar-refractivity contribution < 1.29 is 19.1 Å². The van der Waals surface area contributed by atoms with Gasteiger partial charge in [0.1, 0.15) is 6.61 Å². The largest absolute Gasteiger partial charge is 0.468 e. The quantitative estimate of drug-likeness (QED) is 0.306. The predicted molar refractivity (Wildman–Crippen MR) is 136 cm³/mol. The van der Waals surface area contributed by atoms with Crippen LogP contribution in [0.1, 0.15) is 24.0 Å². The third-order valence-electron chi connectivity index (χ3n) is 6.24. The molecule has 0 spiro atoms. The molecule has 1 heterocycles. The van der Waals surface area contributed by atoms with Crippen LogP contribution in [0.5, 0.6) is 0 Å². The summed E-state index contributed by atoms with van der Waals surface area (Å²) in [6.45, 7) is 0.195. The molecule has 1 amide bonds. The third-order valence-corrected chi connectivity index (χ3v) is 7.12. The number of nitrogens with zero attached hydrogens (tertiary/aromatic N) is 1. The Hall–Kier alpha value is -3.97. The number of carbonyl (C=O) groups excluding carboxylic acids is 2. The molecule has 3 aromatic carbocycles. The van der Waals surface area contributed by atoms with Gasteiger partial charge in [0.15, 0.2) is 5.82 Å². The Labute approximate surface area is 207 Å². The van der Waals surface area contributed by atoms with Crippen molar-refractivity contribution in [3.63, 3.8) is 0 Å². The molecule has 35 heavy (non-hydrogen) atoms. The van der Waals surface area contributed by atoms with Crippen molar-refractivity contribution in [2.24, 2.45) is 0 Å². The van der Waals surface area contributed by atoms with Gasteiger partial charge in [-0.1, -0.05) is 78.9 Å². The standard InChI is InChI=1S/C28H24N2O4S/c1-33-26(31)28(15-16-28)23-13-11-21(12-14-23)20-7-9-22(10-8-20)24-25(29-18-35-24)30-27(32)34-17-19-5-3-2-4-6-19/h2-14,18H,15-17H2,1H3,(H,30,32). The first-order chi connectivity index (χ1) is 17.1. The summed E-state index contributed by atoms with van der Waals surface area (Å²) in [5, 5.41) is 2.75. The van der Waals surface area contributed by atoms with E-state index in [-0.39, 0.29) is 12.6 Å². The molecule has 1 fully saturated rings. The minimum Gasteiger partial charge on any atom is -0.468 e. The van der Waals surface area contributed by atoms with Crippen LogP contribution in [-0.2, 0) is 26.3 Å². The van der Waals surface area contributed by atoms with E-state index in [9.17, 15) is 9.59 Å². The van der Waals surface area contributed by atoms with Gasteiger partial charge in [-0.15, -0.1) is 11.3 Å². The molecule has 176 valence electrons. The van der Waals surface area contributed by atoms with Gasteiger partial charge in [-0.3, -0.25) is 10.1 Å². The maximum absolute atomic E-state index is 12.3. The number of rotatable bonds is 7. The average Bonchev–Trinajstić information content (AvgIpc) is 3.60. The van der Waals surface area contributed by atoms with E-state index in [4.69, 9.17) is 9.47 Å². The van der Waals surface area contributed by atoms with Gasteiger partial charge in [-0.25, -0.2) is 9.78 Å². The van der Waals surface area contributed by atoms with Crippen LogP contribution in [0.2, 0.25) is 0 Å². The minimum atomic E-state index is -0.543. The van der Waals surface area contributed by atoms with Crippen LogP contribution in [-0.4, -0.2) is 24.2 Å². The summed E-state index contributed by atoms with van der Waals surface area (Å²) in [4.78, 5) is 29.6. The molecule has 1 aromatic heterocycles. The van der Waals surface area contributed by atoms with E-state index in [2.05, 4.69) is 10.3 Å². The van der Waals surface area contributed by atoms with Crippen molar-refractivity contribution in [3.8, 4) is 21.6 Å². The van der Waals surface area contributed by atoms with Gasteiger partial charge in [0.25, 0.3) is 0 Å². The number of amides is 1. The molecule has 1 aliphatic carbocycles. The minimum absolute atomic E-state index is 0.160. The zero-order chi connectivity index (χ0) is 24.3. The monoisotopic (exact) mass is 484 g/mol. The number of aromatic nitrogens is 1. The number of hydrogen-bond acceptors (Lipinski definition) is 6. The van der Waals surface area contributed by atoms with Crippen LogP contribution in [0.3, 0.4) is 0 Å². The molecule has 0 bridgehead atoms. The predicted octanol–water partition coefficient (Wildman–Crippen LogP) is 6.43. The van der Waals surface area contributed by atoms with Gasteiger partial charge >= 0.3 is 12.1 Å². The van der Waals surface area contributed by atoms with E-state index in [1.807, 2.05) is 78.9 Å². The molecule has 0 atom stereocenters. The molecular formula is C28H24N2O4S. The fourth-order valence-corrected chi connectivity index (χ4v) is 4.87. The van der Waals surface area contributed by atoms with Crippen LogP contribution in [0.25, 0.3) is 21.6 Å². The SMILES string of the molecule is COC(=O)C1(c2ccc(-c3ccc(-c4scnc4NC(=O)OCc4ccccc4)cc3)cc2)CC1. The van der Waals surface area contributed by atoms with Crippen molar-refractivity contribution in [2.75, 3.05) is 12.4 Å². The Balaban J connectivity index is 1.26. The average molecular weight is 485 g/mol. The molecule has 4 aromatic rings. The first kappa shape index (κ1) is 22.8. The molecule has 0 saturated heterocycles. The summed E-state index contributed by atoms with van der Waals surface area (Å²) in [6.07, 6.45) is 1.12. The lowest BCUT2D eigenvalue weighted by Crippen LogP contribution is -2.21. The summed E-state index contributed by atoms with van der Waals surface area (Å²) in [5.41, 5.74) is 6.23. The Bertz CT molecular complexity index is 1330. The maximum atomic E-state index is 12.3. The number of anilines is 1. The molecule has 1 saturated carbocycles. The van der Waals surface area contributed by atoms with Gasteiger partial charge in [-0.2, -0.15) is 0 Å². The molecule has 0 aliphatic heterocycles. The summed E-state index contributed by atoms with van der Waals surface area (Å²) in [7, 11) is 1.44. The Morgan fingerprint density at radius 1 is 0.914 bits per heavy atom. The van der Waals surface area contributed by atoms with Crippen molar-refractivity contribution in [2.45, 2.75) is 24.9 Å². The molecule has 5 rings (SSSR count). The van der Waals surface area contributed by atoms with E-state index < -0.39 is 11.5 Å². The number of carbonyl (C=O) groups is 2.